The highest BCUT2D eigenvalue weighted by Crippen LogP contribution is 2.17. The lowest BCUT2D eigenvalue weighted by Gasteiger charge is -2.34. The Bertz CT molecular complexity index is 578. The number of hydrogen-bond acceptors (Lipinski definition) is 3. The summed E-state index contributed by atoms with van der Waals surface area (Å²) in [6.45, 7) is 0.536. The minimum Gasteiger partial charge on any atom is -0.481 e. The van der Waals surface area contributed by atoms with E-state index in [1.54, 1.807) is 24.3 Å². The Morgan fingerprint density at radius 2 is 2.24 bits per heavy atom. The average Bonchev–Trinajstić information content (AvgIpc) is 2.40. The number of halogens is 1. The third-order valence-corrected chi connectivity index (χ3v) is 3.27. The predicted molar refractivity (Wildman–Crippen MR) is 76.2 cm³/mol. The van der Waals surface area contributed by atoms with Gasteiger partial charge in [-0.1, -0.05) is 17.7 Å². The Labute approximate surface area is 125 Å². The molecule has 8 heteroatoms. The lowest BCUT2D eigenvalue weighted by molar-refractivity contribution is -0.142. The number of urea groups is 1. The van der Waals surface area contributed by atoms with Crippen molar-refractivity contribution in [3.8, 4) is 0 Å². The number of hydrogen-bond donors (Lipinski definition) is 3. The van der Waals surface area contributed by atoms with Gasteiger partial charge in [-0.2, -0.15) is 0 Å². The quantitative estimate of drug-likeness (QED) is 0.779. The molecule has 1 aliphatic heterocycles. The molecule has 1 aliphatic rings. The standard InChI is InChI=1S/C13H14ClN3O4/c14-8-2-1-3-9(6-8)16-13(21)17-5-4-15-12(20)10(17)7-11(18)19/h1-3,6,10H,4-5,7H2,(H,15,20)(H,16,21)(H,18,19). The van der Waals surface area contributed by atoms with Gasteiger partial charge in [-0.3, -0.25) is 9.59 Å². The molecule has 0 spiro atoms. The van der Waals surface area contributed by atoms with E-state index < -0.39 is 30.4 Å². The van der Waals surface area contributed by atoms with Crippen LogP contribution < -0.4 is 10.6 Å². The average molecular weight is 312 g/mol. The first kappa shape index (κ1) is 15.1. The van der Waals surface area contributed by atoms with Crippen LogP contribution in [-0.2, 0) is 9.59 Å². The highest BCUT2D eigenvalue weighted by molar-refractivity contribution is 6.30. The summed E-state index contributed by atoms with van der Waals surface area (Å²) in [5.41, 5.74) is 0.479. The summed E-state index contributed by atoms with van der Waals surface area (Å²) < 4.78 is 0. The normalized spacial score (nSPS) is 18.0. The number of benzene rings is 1. The van der Waals surface area contributed by atoms with Crippen LogP contribution in [0.2, 0.25) is 5.02 Å². The Hall–Kier alpha value is -2.28. The molecule has 1 aromatic carbocycles. The smallest absolute Gasteiger partial charge is 0.322 e. The number of rotatable bonds is 3. The van der Waals surface area contributed by atoms with Gasteiger partial charge >= 0.3 is 12.0 Å². The van der Waals surface area contributed by atoms with Crippen LogP contribution in [0.5, 0.6) is 0 Å². The fourth-order valence-corrected chi connectivity index (χ4v) is 2.28. The summed E-state index contributed by atoms with van der Waals surface area (Å²) in [5.74, 6) is -1.61. The third kappa shape index (κ3) is 3.85. The van der Waals surface area contributed by atoms with Crippen LogP contribution in [0.15, 0.2) is 24.3 Å². The number of carbonyl (C=O) groups excluding carboxylic acids is 2. The zero-order valence-electron chi connectivity index (χ0n) is 11.0. The second kappa shape index (κ2) is 6.45. The van der Waals surface area contributed by atoms with Gasteiger partial charge in [-0.25, -0.2) is 4.79 Å². The van der Waals surface area contributed by atoms with E-state index in [1.807, 2.05) is 0 Å². The van der Waals surface area contributed by atoms with Crippen molar-refractivity contribution in [1.29, 1.82) is 0 Å². The Morgan fingerprint density at radius 3 is 2.90 bits per heavy atom. The van der Waals surface area contributed by atoms with Crippen molar-refractivity contribution in [3.05, 3.63) is 29.3 Å². The molecule has 1 aromatic rings. The van der Waals surface area contributed by atoms with Crippen molar-refractivity contribution in [2.24, 2.45) is 0 Å². The molecule has 3 N–H and O–H groups in total. The van der Waals surface area contributed by atoms with E-state index in [-0.39, 0.29) is 13.1 Å². The minimum absolute atomic E-state index is 0.246. The summed E-state index contributed by atoms with van der Waals surface area (Å²) >= 11 is 5.83. The Balaban J connectivity index is 2.11. The van der Waals surface area contributed by atoms with Gasteiger partial charge in [0.2, 0.25) is 5.91 Å². The number of carboxylic acids is 1. The van der Waals surface area contributed by atoms with Gasteiger partial charge in [0.25, 0.3) is 0 Å². The van der Waals surface area contributed by atoms with Crippen LogP contribution in [0.25, 0.3) is 0 Å². The summed E-state index contributed by atoms with van der Waals surface area (Å²) in [5, 5.41) is 14.5. The van der Waals surface area contributed by atoms with Gasteiger partial charge < -0.3 is 20.6 Å². The first-order chi connectivity index (χ1) is 9.97. The number of carboxylic acid groups (broad SMARTS) is 1. The van der Waals surface area contributed by atoms with Gasteiger partial charge in [0.1, 0.15) is 6.04 Å². The number of aliphatic carboxylic acids is 1. The molecule has 7 nitrogen and oxygen atoms in total. The van der Waals surface area contributed by atoms with E-state index >= 15 is 0 Å². The number of carbonyl (C=O) groups is 3. The summed E-state index contributed by atoms with van der Waals surface area (Å²) in [6, 6.07) is 5.01. The Kier molecular flexibility index (Phi) is 4.64. The molecule has 0 radical (unpaired) electrons. The molecule has 1 unspecified atom stereocenters. The second-order valence-corrected chi connectivity index (χ2v) is 4.98. The van der Waals surface area contributed by atoms with E-state index in [2.05, 4.69) is 10.6 Å². The van der Waals surface area contributed by atoms with Gasteiger partial charge in [-0.05, 0) is 18.2 Å². The Morgan fingerprint density at radius 1 is 1.48 bits per heavy atom. The molecule has 0 saturated carbocycles. The third-order valence-electron chi connectivity index (χ3n) is 3.04. The van der Waals surface area contributed by atoms with Gasteiger partial charge in [-0.15, -0.1) is 0 Å². The molecule has 0 aromatic heterocycles. The molecule has 0 aliphatic carbocycles. The molecular formula is C13H14ClN3O4. The van der Waals surface area contributed by atoms with Gasteiger partial charge in [0, 0.05) is 23.8 Å². The van der Waals surface area contributed by atoms with E-state index in [0.717, 1.165) is 0 Å². The first-order valence-electron chi connectivity index (χ1n) is 6.30. The zero-order valence-corrected chi connectivity index (χ0v) is 11.8. The number of amides is 3. The number of nitrogens with one attached hydrogen (secondary N) is 2. The van der Waals surface area contributed by atoms with Crippen LogP contribution >= 0.6 is 11.6 Å². The topological polar surface area (TPSA) is 98.7 Å². The van der Waals surface area contributed by atoms with Crippen LogP contribution in [0.4, 0.5) is 10.5 Å². The van der Waals surface area contributed by atoms with E-state index in [1.165, 1.54) is 4.90 Å². The molecule has 3 amide bonds. The molecular weight excluding hydrogens is 298 g/mol. The summed E-state index contributed by atoms with van der Waals surface area (Å²) in [7, 11) is 0. The van der Waals surface area contributed by atoms with Crippen LogP contribution in [0.1, 0.15) is 6.42 Å². The van der Waals surface area contributed by atoms with Crippen molar-refractivity contribution in [2.45, 2.75) is 12.5 Å². The molecule has 1 fully saturated rings. The highest BCUT2D eigenvalue weighted by Gasteiger charge is 2.34. The first-order valence-corrected chi connectivity index (χ1v) is 6.68. The van der Waals surface area contributed by atoms with Crippen molar-refractivity contribution in [3.63, 3.8) is 0 Å². The maximum absolute atomic E-state index is 12.2. The van der Waals surface area contributed by atoms with Crippen molar-refractivity contribution in [2.75, 3.05) is 18.4 Å². The van der Waals surface area contributed by atoms with Gasteiger partial charge in [0.15, 0.2) is 0 Å². The lowest BCUT2D eigenvalue weighted by atomic mass is 10.1. The number of nitrogens with zero attached hydrogens (tertiary/aromatic N) is 1. The maximum Gasteiger partial charge on any atom is 0.322 e. The van der Waals surface area contributed by atoms with Crippen molar-refractivity contribution >= 4 is 35.2 Å². The molecule has 0 bridgehead atoms. The molecule has 2 rings (SSSR count). The second-order valence-electron chi connectivity index (χ2n) is 4.54. The monoisotopic (exact) mass is 311 g/mol. The van der Waals surface area contributed by atoms with Gasteiger partial charge in [0.05, 0.1) is 6.42 Å². The van der Waals surface area contributed by atoms with E-state index in [9.17, 15) is 14.4 Å². The van der Waals surface area contributed by atoms with Crippen LogP contribution in [-0.4, -0.2) is 47.0 Å². The fourth-order valence-electron chi connectivity index (χ4n) is 2.09. The molecule has 1 heterocycles. The molecule has 1 atom stereocenters. The summed E-state index contributed by atoms with van der Waals surface area (Å²) in [6.07, 6.45) is -0.436. The predicted octanol–water partition coefficient (Wildman–Crippen LogP) is 1.15. The maximum atomic E-state index is 12.2. The number of piperazine rings is 1. The minimum atomic E-state index is -1.14. The van der Waals surface area contributed by atoms with Crippen molar-refractivity contribution < 1.29 is 19.5 Å². The number of anilines is 1. The molecule has 21 heavy (non-hydrogen) atoms. The molecule has 1 saturated heterocycles. The lowest BCUT2D eigenvalue weighted by Crippen LogP contribution is -2.58. The highest BCUT2D eigenvalue weighted by atomic mass is 35.5. The van der Waals surface area contributed by atoms with Crippen LogP contribution in [0.3, 0.4) is 0 Å². The van der Waals surface area contributed by atoms with Crippen molar-refractivity contribution in [1.82, 2.24) is 10.2 Å². The van der Waals surface area contributed by atoms with Crippen LogP contribution in [0, 0.1) is 0 Å². The zero-order chi connectivity index (χ0) is 15.4. The van der Waals surface area contributed by atoms with E-state index in [4.69, 9.17) is 16.7 Å². The van der Waals surface area contributed by atoms with E-state index in [0.29, 0.717) is 10.7 Å². The SMILES string of the molecule is O=C(O)CC1C(=O)NCCN1C(=O)Nc1cccc(Cl)c1. The molecule has 112 valence electrons. The fraction of sp³-hybridized carbons (Fsp3) is 0.308. The largest absolute Gasteiger partial charge is 0.481 e. The summed E-state index contributed by atoms with van der Waals surface area (Å²) in [4.78, 5) is 36.0.